The summed E-state index contributed by atoms with van der Waals surface area (Å²) in [6.45, 7) is 8.77. The summed E-state index contributed by atoms with van der Waals surface area (Å²) in [5.41, 5.74) is 6.12. The van der Waals surface area contributed by atoms with Crippen molar-refractivity contribution in [2.45, 2.75) is 51.0 Å². The zero-order chi connectivity index (χ0) is 10.5. The molecule has 2 atom stereocenters. The van der Waals surface area contributed by atoms with Crippen molar-refractivity contribution < 1.29 is 0 Å². The molecule has 0 aromatic rings. The molecule has 0 aromatic heterocycles. The highest BCUT2D eigenvalue weighted by Gasteiger charge is 2.18. The van der Waals surface area contributed by atoms with Gasteiger partial charge in [-0.3, -0.25) is 5.50 Å². The first-order chi connectivity index (χ1) is 5.91. The predicted molar refractivity (Wildman–Crippen MR) is 73.2 cm³/mol. The third kappa shape index (κ3) is 7.26. The molecule has 80 valence electrons. The van der Waals surface area contributed by atoms with Crippen LogP contribution in [0.2, 0.25) is 0 Å². The molecule has 5 heteroatoms. The fourth-order valence-corrected chi connectivity index (χ4v) is 11.8. The van der Waals surface area contributed by atoms with Gasteiger partial charge in [0.1, 0.15) is 4.59 Å². The van der Waals surface area contributed by atoms with Gasteiger partial charge in [0.25, 0.3) is 0 Å². The van der Waals surface area contributed by atoms with Crippen molar-refractivity contribution >= 4 is 39.2 Å². The highest BCUT2D eigenvalue weighted by molar-refractivity contribution is 9.00. The maximum absolute atomic E-state index is 6.12. The molecule has 13 heavy (non-hydrogen) atoms. The first kappa shape index (κ1) is 14.3. The van der Waals surface area contributed by atoms with E-state index >= 15 is 0 Å². The third-order valence-corrected chi connectivity index (χ3v) is 10.8. The van der Waals surface area contributed by atoms with Crippen LogP contribution in [0.4, 0.5) is 0 Å². The second-order valence-corrected chi connectivity index (χ2v) is 14.8. The topological polar surface area (TPSA) is 26.0 Å². The maximum atomic E-state index is 6.12. The molecule has 0 aliphatic rings. The van der Waals surface area contributed by atoms with Crippen molar-refractivity contribution in [3.05, 3.63) is 0 Å². The summed E-state index contributed by atoms with van der Waals surface area (Å²) < 4.78 is -1.67. The zero-order valence-corrected chi connectivity index (χ0v) is 12.2. The molecule has 0 aliphatic carbocycles. The van der Waals surface area contributed by atoms with Crippen LogP contribution in [0.3, 0.4) is 0 Å². The molecule has 0 heterocycles. The fourth-order valence-electron chi connectivity index (χ4n) is 0.676. The van der Waals surface area contributed by atoms with Crippen molar-refractivity contribution in [3.63, 3.8) is 0 Å². The minimum Gasteiger partial charge on any atom is -0.287 e. The smallest absolute Gasteiger partial charge is 0.115 e. The standard InChI is InChI=1S/C8H20NPS3/c1-5-7(3)12-10(9,11)13-8(4)6-2/h7-8H,5-6H2,1-4H3,(H2,9,11). The second kappa shape index (κ2) is 6.73. The third-order valence-electron chi connectivity index (χ3n) is 1.80. The van der Waals surface area contributed by atoms with Gasteiger partial charge in [-0.2, -0.15) is 0 Å². The predicted octanol–water partition coefficient (Wildman–Crippen LogP) is 4.23. The van der Waals surface area contributed by atoms with Crippen LogP contribution in [-0.2, 0) is 11.8 Å². The van der Waals surface area contributed by atoms with Crippen LogP contribution in [0.15, 0.2) is 0 Å². The van der Waals surface area contributed by atoms with Gasteiger partial charge >= 0.3 is 0 Å². The lowest BCUT2D eigenvalue weighted by atomic mass is 10.4. The van der Waals surface area contributed by atoms with Crippen LogP contribution in [0, 0.1) is 0 Å². The summed E-state index contributed by atoms with van der Waals surface area (Å²) in [6.07, 6.45) is 2.31. The lowest BCUT2D eigenvalue weighted by Crippen LogP contribution is -1.99. The highest BCUT2D eigenvalue weighted by atomic mass is 33.2. The number of nitrogens with two attached hydrogens (primary N) is 1. The van der Waals surface area contributed by atoms with Crippen molar-refractivity contribution in [3.8, 4) is 0 Å². The Bertz CT molecular complexity index is 170. The molecule has 0 aromatic carbocycles. The molecule has 0 radical (unpaired) electrons. The summed E-state index contributed by atoms with van der Waals surface area (Å²) in [4.78, 5) is 0. The van der Waals surface area contributed by atoms with Gasteiger partial charge in [-0.1, -0.05) is 62.3 Å². The first-order valence-corrected chi connectivity index (χ1v) is 10.5. The van der Waals surface area contributed by atoms with E-state index in [1.807, 2.05) is 22.8 Å². The first-order valence-electron chi connectivity index (χ1n) is 4.66. The molecule has 0 amide bonds. The van der Waals surface area contributed by atoms with Crippen LogP contribution in [0.25, 0.3) is 0 Å². The van der Waals surface area contributed by atoms with Crippen LogP contribution < -0.4 is 5.50 Å². The van der Waals surface area contributed by atoms with Crippen molar-refractivity contribution in [1.29, 1.82) is 0 Å². The summed E-state index contributed by atoms with van der Waals surface area (Å²) >= 11 is 9.07. The van der Waals surface area contributed by atoms with Crippen LogP contribution >= 0.6 is 27.4 Å². The van der Waals surface area contributed by atoms with Crippen LogP contribution in [0.5, 0.6) is 0 Å². The van der Waals surface area contributed by atoms with E-state index in [1.165, 1.54) is 0 Å². The van der Waals surface area contributed by atoms with Gasteiger partial charge in [-0.25, -0.2) is 0 Å². The Morgan fingerprint density at radius 3 is 1.69 bits per heavy atom. The van der Waals surface area contributed by atoms with E-state index < -0.39 is 4.59 Å². The normalized spacial score (nSPS) is 20.7. The number of rotatable bonds is 6. The summed E-state index contributed by atoms with van der Waals surface area (Å²) in [5.74, 6) is 0. The lowest BCUT2D eigenvalue weighted by molar-refractivity contribution is 0.910. The SMILES string of the molecule is CCC(C)SP(N)(=S)SC(C)CC. The minimum atomic E-state index is -1.67. The average Bonchev–Trinajstić information content (AvgIpc) is 2.02. The molecule has 0 spiro atoms. The Labute approximate surface area is 95.6 Å². The van der Waals surface area contributed by atoms with E-state index in [0.29, 0.717) is 10.5 Å². The molecule has 0 rings (SSSR count). The van der Waals surface area contributed by atoms with E-state index in [1.54, 1.807) is 0 Å². The van der Waals surface area contributed by atoms with Gasteiger partial charge in [0.2, 0.25) is 0 Å². The largest absolute Gasteiger partial charge is 0.287 e. The van der Waals surface area contributed by atoms with Gasteiger partial charge in [-0.05, 0) is 12.8 Å². The number of hydrogen-bond acceptors (Lipinski definition) is 3. The van der Waals surface area contributed by atoms with Gasteiger partial charge < -0.3 is 0 Å². The Kier molecular flexibility index (Phi) is 7.41. The van der Waals surface area contributed by atoms with Gasteiger partial charge in [0.15, 0.2) is 0 Å². The zero-order valence-electron chi connectivity index (χ0n) is 8.82. The summed E-state index contributed by atoms with van der Waals surface area (Å²) in [6, 6.07) is 0. The van der Waals surface area contributed by atoms with E-state index in [9.17, 15) is 0 Å². The Balaban J connectivity index is 4.00. The van der Waals surface area contributed by atoms with Gasteiger partial charge in [0, 0.05) is 10.5 Å². The van der Waals surface area contributed by atoms with Gasteiger partial charge in [-0.15, -0.1) is 0 Å². The Morgan fingerprint density at radius 1 is 1.15 bits per heavy atom. The maximum Gasteiger partial charge on any atom is 0.115 e. The second-order valence-electron chi connectivity index (χ2n) is 3.19. The quantitative estimate of drug-likeness (QED) is 0.720. The van der Waals surface area contributed by atoms with Gasteiger partial charge in [0.05, 0.1) is 0 Å². The monoisotopic (exact) mass is 257 g/mol. The Hall–Kier alpha value is 1.31. The highest BCUT2D eigenvalue weighted by Crippen LogP contribution is 2.66. The van der Waals surface area contributed by atoms with Crippen molar-refractivity contribution in [1.82, 2.24) is 0 Å². The average molecular weight is 257 g/mol. The summed E-state index contributed by atoms with van der Waals surface area (Å²) in [7, 11) is 0. The molecule has 0 bridgehead atoms. The molecule has 2 unspecified atom stereocenters. The molecule has 0 saturated carbocycles. The van der Waals surface area contributed by atoms with Crippen LogP contribution in [0.1, 0.15) is 40.5 Å². The van der Waals surface area contributed by atoms with Crippen molar-refractivity contribution in [2.75, 3.05) is 0 Å². The molecule has 2 N–H and O–H groups in total. The fraction of sp³-hybridized carbons (Fsp3) is 1.00. The Morgan fingerprint density at radius 2 is 1.46 bits per heavy atom. The number of hydrogen-bond donors (Lipinski definition) is 1. The molecule has 0 saturated heterocycles. The van der Waals surface area contributed by atoms with E-state index in [-0.39, 0.29) is 0 Å². The summed E-state index contributed by atoms with van der Waals surface area (Å²) in [5, 5.41) is 1.21. The van der Waals surface area contributed by atoms with E-state index in [0.717, 1.165) is 12.8 Å². The van der Waals surface area contributed by atoms with Crippen molar-refractivity contribution in [2.24, 2.45) is 5.50 Å². The molecule has 0 fully saturated rings. The lowest BCUT2D eigenvalue weighted by Gasteiger charge is -2.21. The molecule has 1 nitrogen and oxygen atoms in total. The molecule has 0 aliphatic heterocycles. The molecular weight excluding hydrogens is 237 g/mol. The van der Waals surface area contributed by atoms with Crippen LogP contribution in [-0.4, -0.2) is 10.5 Å². The minimum absolute atomic E-state index is 0.604. The van der Waals surface area contributed by atoms with E-state index in [4.69, 9.17) is 17.3 Å². The van der Waals surface area contributed by atoms with E-state index in [2.05, 4.69) is 27.7 Å². The molecular formula is C8H20NPS3.